The van der Waals surface area contributed by atoms with Crippen LogP contribution < -0.4 is 11.1 Å². The Hall–Kier alpha value is -0.0300. The van der Waals surface area contributed by atoms with Crippen molar-refractivity contribution in [1.82, 2.24) is 10.2 Å². The van der Waals surface area contributed by atoms with E-state index < -0.39 is 5.54 Å². The predicted molar refractivity (Wildman–Crippen MR) is 92.4 cm³/mol. The number of nitrogens with one attached hydrogen (secondary N) is 1. The van der Waals surface area contributed by atoms with Gasteiger partial charge in [-0.2, -0.15) is 0 Å². The molecule has 1 saturated carbocycles. The number of piperidine rings is 1. The van der Waals surface area contributed by atoms with Gasteiger partial charge >= 0.3 is 0 Å². The van der Waals surface area contributed by atoms with Crippen LogP contribution in [0.15, 0.2) is 0 Å². The highest BCUT2D eigenvalue weighted by atomic mass is 35.5. The Morgan fingerprint density at radius 3 is 2.33 bits per heavy atom. The second kappa shape index (κ2) is 9.88. The van der Waals surface area contributed by atoms with Crippen molar-refractivity contribution in [3.8, 4) is 0 Å². The first kappa shape index (κ1) is 21.0. The van der Waals surface area contributed by atoms with Gasteiger partial charge in [0, 0.05) is 19.1 Å². The highest BCUT2D eigenvalue weighted by Gasteiger charge is 2.38. The quantitative estimate of drug-likeness (QED) is 0.808. The third-order valence-corrected chi connectivity index (χ3v) is 4.70. The van der Waals surface area contributed by atoms with Crippen molar-refractivity contribution in [2.45, 2.75) is 69.9 Å². The number of carbonyl (C=O) groups is 1. The highest BCUT2D eigenvalue weighted by Crippen LogP contribution is 2.27. The molecule has 21 heavy (non-hydrogen) atoms. The van der Waals surface area contributed by atoms with Gasteiger partial charge in [0.05, 0.1) is 5.54 Å². The third-order valence-electron chi connectivity index (χ3n) is 4.70. The Kier molecular flexibility index (Phi) is 9.87. The summed E-state index contributed by atoms with van der Waals surface area (Å²) in [4.78, 5) is 14.8. The summed E-state index contributed by atoms with van der Waals surface area (Å²) >= 11 is 0. The van der Waals surface area contributed by atoms with E-state index in [4.69, 9.17) is 5.73 Å². The van der Waals surface area contributed by atoms with Gasteiger partial charge in [0.15, 0.2) is 0 Å². The summed E-state index contributed by atoms with van der Waals surface area (Å²) in [7, 11) is 0. The molecule has 4 nitrogen and oxygen atoms in total. The first-order valence-corrected chi connectivity index (χ1v) is 7.96. The molecule has 0 radical (unpaired) electrons. The summed E-state index contributed by atoms with van der Waals surface area (Å²) in [6.45, 7) is 5.66. The maximum absolute atomic E-state index is 12.2. The summed E-state index contributed by atoms with van der Waals surface area (Å²) < 4.78 is 0. The number of rotatable bonds is 5. The molecule has 0 spiro atoms. The lowest BCUT2D eigenvalue weighted by atomic mass is 9.96. The normalized spacial score (nSPS) is 22.2. The number of likely N-dealkylation sites (tertiary alicyclic amines) is 1. The van der Waals surface area contributed by atoms with Gasteiger partial charge in [0.2, 0.25) is 5.91 Å². The van der Waals surface area contributed by atoms with E-state index in [0.717, 1.165) is 51.6 Å². The fraction of sp³-hybridized carbons (Fsp3) is 0.933. The van der Waals surface area contributed by atoms with Crippen LogP contribution in [-0.4, -0.2) is 42.0 Å². The molecule has 3 N–H and O–H groups in total. The zero-order chi connectivity index (χ0) is 13.7. The van der Waals surface area contributed by atoms with Crippen molar-refractivity contribution >= 4 is 30.7 Å². The van der Waals surface area contributed by atoms with Crippen LogP contribution in [0.5, 0.6) is 0 Å². The van der Waals surface area contributed by atoms with E-state index in [2.05, 4.69) is 17.1 Å². The minimum absolute atomic E-state index is 0. The number of unbranched alkanes of at least 4 members (excludes halogenated alkanes) is 1. The molecule has 0 atom stereocenters. The molecule has 1 aliphatic carbocycles. The SMILES string of the molecule is CCCCN1CCC(NC(=O)C2(N)CCCC2)CC1.Cl.Cl. The van der Waals surface area contributed by atoms with E-state index in [1.807, 2.05) is 0 Å². The van der Waals surface area contributed by atoms with Gasteiger partial charge < -0.3 is 16.0 Å². The third kappa shape index (κ3) is 5.93. The molecule has 0 aromatic heterocycles. The molecule has 0 bridgehead atoms. The standard InChI is InChI=1S/C15H29N3O.2ClH/c1-2-3-10-18-11-6-13(7-12-18)17-14(19)15(16)8-4-5-9-15;;/h13H,2-12,16H2,1H3,(H,17,19);2*1H. The highest BCUT2D eigenvalue weighted by molar-refractivity contribution is 5.86. The Bertz CT molecular complexity index is 301. The molecule has 1 amide bonds. The lowest BCUT2D eigenvalue weighted by Crippen LogP contribution is -2.56. The first-order valence-electron chi connectivity index (χ1n) is 7.96. The summed E-state index contributed by atoms with van der Waals surface area (Å²) in [5.41, 5.74) is 5.62. The monoisotopic (exact) mass is 339 g/mol. The van der Waals surface area contributed by atoms with Crippen LogP contribution in [-0.2, 0) is 4.79 Å². The van der Waals surface area contributed by atoms with Crippen LogP contribution in [0.3, 0.4) is 0 Å². The molecular weight excluding hydrogens is 309 g/mol. The van der Waals surface area contributed by atoms with Crippen LogP contribution >= 0.6 is 24.8 Å². The molecule has 1 saturated heterocycles. The van der Waals surface area contributed by atoms with Crippen molar-refractivity contribution < 1.29 is 4.79 Å². The summed E-state index contributed by atoms with van der Waals surface area (Å²) in [6, 6.07) is 0.339. The van der Waals surface area contributed by atoms with E-state index in [1.54, 1.807) is 0 Å². The molecule has 2 fully saturated rings. The van der Waals surface area contributed by atoms with Gasteiger partial charge in [-0.3, -0.25) is 4.79 Å². The van der Waals surface area contributed by atoms with E-state index in [0.29, 0.717) is 6.04 Å². The zero-order valence-electron chi connectivity index (χ0n) is 13.1. The van der Waals surface area contributed by atoms with Crippen molar-refractivity contribution in [1.29, 1.82) is 0 Å². The van der Waals surface area contributed by atoms with Gasteiger partial charge in [0.1, 0.15) is 0 Å². The van der Waals surface area contributed by atoms with E-state index >= 15 is 0 Å². The molecule has 0 aromatic rings. The Balaban J connectivity index is 0.00000200. The number of nitrogens with two attached hydrogens (primary N) is 1. The first-order chi connectivity index (χ1) is 9.14. The molecule has 1 heterocycles. The van der Waals surface area contributed by atoms with Crippen LogP contribution in [0.2, 0.25) is 0 Å². The largest absolute Gasteiger partial charge is 0.352 e. The van der Waals surface area contributed by atoms with Crippen molar-refractivity contribution in [2.75, 3.05) is 19.6 Å². The molecule has 2 aliphatic rings. The molecule has 1 aliphatic heterocycles. The van der Waals surface area contributed by atoms with Crippen LogP contribution in [0, 0.1) is 0 Å². The topological polar surface area (TPSA) is 58.4 Å². The van der Waals surface area contributed by atoms with Crippen molar-refractivity contribution in [3.05, 3.63) is 0 Å². The molecule has 126 valence electrons. The maximum atomic E-state index is 12.2. The van der Waals surface area contributed by atoms with Gasteiger partial charge in [-0.05, 0) is 38.6 Å². The van der Waals surface area contributed by atoms with E-state index in [1.165, 1.54) is 19.4 Å². The molecule has 2 rings (SSSR count). The number of hydrogen-bond acceptors (Lipinski definition) is 3. The number of halogens is 2. The van der Waals surface area contributed by atoms with Crippen LogP contribution in [0.4, 0.5) is 0 Å². The van der Waals surface area contributed by atoms with Gasteiger partial charge in [-0.15, -0.1) is 24.8 Å². The zero-order valence-corrected chi connectivity index (χ0v) is 14.7. The molecule has 0 unspecified atom stereocenters. The van der Waals surface area contributed by atoms with Gasteiger partial charge in [-0.25, -0.2) is 0 Å². The number of hydrogen-bond donors (Lipinski definition) is 2. The second-order valence-electron chi connectivity index (χ2n) is 6.31. The van der Waals surface area contributed by atoms with Crippen molar-refractivity contribution in [2.24, 2.45) is 5.73 Å². The lowest BCUT2D eigenvalue weighted by molar-refractivity contribution is -0.127. The fourth-order valence-electron chi connectivity index (χ4n) is 3.24. The Morgan fingerprint density at radius 1 is 1.24 bits per heavy atom. The van der Waals surface area contributed by atoms with Crippen LogP contribution in [0.25, 0.3) is 0 Å². The average molecular weight is 340 g/mol. The van der Waals surface area contributed by atoms with E-state index in [-0.39, 0.29) is 30.7 Å². The number of nitrogens with zero attached hydrogens (tertiary/aromatic N) is 1. The van der Waals surface area contributed by atoms with E-state index in [9.17, 15) is 4.79 Å². The summed E-state index contributed by atoms with van der Waals surface area (Å²) in [5.74, 6) is 0.0945. The van der Waals surface area contributed by atoms with Gasteiger partial charge in [0.25, 0.3) is 0 Å². The lowest BCUT2D eigenvalue weighted by Gasteiger charge is -2.34. The van der Waals surface area contributed by atoms with Gasteiger partial charge in [-0.1, -0.05) is 26.2 Å². The second-order valence-corrected chi connectivity index (χ2v) is 6.31. The smallest absolute Gasteiger partial charge is 0.240 e. The Labute approximate surface area is 141 Å². The number of carbonyl (C=O) groups excluding carboxylic acids is 1. The molecular formula is C15H31Cl2N3O. The molecule has 6 heteroatoms. The fourth-order valence-corrected chi connectivity index (χ4v) is 3.24. The predicted octanol–water partition coefficient (Wildman–Crippen LogP) is 2.48. The number of amides is 1. The summed E-state index contributed by atoms with van der Waals surface area (Å²) in [6.07, 6.45) is 8.59. The average Bonchev–Trinajstić information content (AvgIpc) is 2.86. The maximum Gasteiger partial charge on any atom is 0.240 e. The molecule has 0 aromatic carbocycles. The Morgan fingerprint density at radius 2 is 1.81 bits per heavy atom. The summed E-state index contributed by atoms with van der Waals surface area (Å²) in [5, 5.41) is 3.19. The minimum Gasteiger partial charge on any atom is -0.352 e. The minimum atomic E-state index is -0.570. The van der Waals surface area contributed by atoms with Crippen LogP contribution in [0.1, 0.15) is 58.3 Å². The van der Waals surface area contributed by atoms with Crippen molar-refractivity contribution in [3.63, 3.8) is 0 Å².